The molecule has 0 heterocycles. The van der Waals surface area contributed by atoms with Crippen molar-refractivity contribution in [3.8, 4) is 11.1 Å². The molecule has 2 nitrogen and oxygen atoms in total. The van der Waals surface area contributed by atoms with Crippen LogP contribution in [0, 0.1) is 0 Å². The minimum atomic E-state index is 0.188. The summed E-state index contributed by atoms with van der Waals surface area (Å²) in [7, 11) is 0. The SMILES string of the molecule is CCCCc1ccc(N(c2ccc(-c3ccc(N(c4ccc(CCCC)cc4)c4ccc(C(C)(CC)CCC)cc4)cc3)cc2)c2ccc(C(C)(CC)CC)cc2)cc1. The van der Waals surface area contributed by atoms with E-state index in [1.807, 2.05) is 0 Å². The minimum Gasteiger partial charge on any atom is -0.311 e. The van der Waals surface area contributed by atoms with Crippen LogP contribution in [0.25, 0.3) is 11.1 Å². The number of benzene rings is 6. The lowest BCUT2D eigenvalue weighted by Crippen LogP contribution is -2.20. The van der Waals surface area contributed by atoms with Gasteiger partial charge in [0.2, 0.25) is 0 Å². The van der Waals surface area contributed by atoms with Crippen molar-refractivity contribution in [3.63, 3.8) is 0 Å². The Morgan fingerprint density at radius 1 is 0.339 bits per heavy atom. The fourth-order valence-electron chi connectivity index (χ4n) is 8.65. The third-order valence-corrected chi connectivity index (χ3v) is 13.4. The number of aryl methyl sites for hydroxylation is 2. The summed E-state index contributed by atoms with van der Waals surface area (Å²) in [5.74, 6) is 0. The standard InChI is InChI=1S/C57H70N2/c1-9-15-17-44-19-31-50(32-20-44)58(54-39-27-48(28-40-54)56(7,12-4)13-5)52-35-23-46(24-36-52)47-25-37-53(38-26-47)59(51-33-21-45(22-34-51)18-16-10-2)55-41-29-49(30-42-55)57(8,14-6)43-11-3/h19-42H,9-18,43H2,1-8H3. The maximum absolute atomic E-state index is 2.42. The second-order valence-corrected chi connectivity index (χ2v) is 17.3. The summed E-state index contributed by atoms with van der Waals surface area (Å²) >= 11 is 0. The second-order valence-electron chi connectivity index (χ2n) is 17.3. The summed E-state index contributed by atoms with van der Waals surface area (Å²) in [6.45, 7) is 18.5. The summed E-state index contributed by atoms with van der Waals surface area (Å²) in [5.41, 5.74) is 15.5. The summed E-state index contributed by atoms with van der Waals surface area (Å²) < 4.78 is 0. The minimum absolute atomic E-state index is 0.188. The van der Waals surface area contributed by atoms with Gasteiger partial charge < -0.3 is 9.80 Å². The Labute approximate surface area is 358 Å². The van der Waals surface area contributed by atoms with Gasteiger partial charge in [0.1, 0.15) is 0 Å². The highest BCUT2D eigenvalue weighted by molar-refractivity contribution is 5.81. The van der Waals surface area contributed by atoms with Crippen LogP contribution in [0.5, 0.6) is 0 Å². The van der Waals surface area contributed by atoms with E-state index in [2.05, 4.69) is 211 Å². The molecule has 0 spiro atoms. The van der Waals surface area contributed by atoms with Crippen molar-refractivity contribution in [2.24, 2.45) is 0 Å². The van der Waals surface area contributed by atoms with Crippen molar-refractivity contribution in [3.05, 3.63) is 168 Å². The summed E-state index contributed by atoms with van der Waals surface area (Å²) in [6.07, 6.45) is 12.9. The zero-order valence-electron chi connectivity index (χ0n) is 37.5. The van der Waals surface area contributed by atoms with Crippen molar-refractivity contribution < 1.29 is 0 Å². The van der Waals surface area contributed by atoms with Crippen LogP contribution in [0.15, 0.2) is 146 Å². The van der Waals surface area contributed by atoms with Crippen molar-refractivity contribution in [1.82, 2.24) is 0 Å². The Morgan fingerprint density at radius 2 is 0.627 bits per heavy atom. The molecule has 0 aliphatic heterocycles. The fourth-order valence-corrected chi connectivity index (χ4v) is 8.65. The molecular formula is C57H70N2. The molecule has 0 fully saturated rings. The lowest BCUT2D eigenvalue weighted by molar-refractivity contribution is 0.414. The maximum Gasteiger partial charge on any atom is 0.0462 e. The van der Waals surface area contributed by atoms with E-state index >= 15 is 0 Å². The largest absolute Gasteiger partial charge is 0.311 e. The van der Waals surface area contributed by atoms with Gasteiger partial charge in [0.05, 0.1) is 0 Å². The first-order valence-electron chi connectivity index (χ1n) is 22.9. The zero-order chi connectivity index (χ0) is 41.8. The van der Waals surface area contributed by atoms with Gasteiger partial charge in [-0.25, -0.2) is 0 Å². The van der Waals surface area contributed by atoms with Gasteiger partial charge in [-0.15, -0.1) is 0 Å². The monoisotopic (exact) mass is 783 g/mol. The molecule has 0 saturated carbocycles. The van der Waals surface area contributed by atoms with Crippen molar-refractivity contribution >= 4 is 34.1 Å². The lowest BCUT2D eigenvalue weighted by atomic mass is 9.76. The molecule has 1 atom stereocenters. The molecule has 6 aromatic rings. The first kappa shape index (κ1) is 43.5. The Hall–Kier alpha value is -5.08. The average Bonchev–Trinajstić information content (AvgIpc) is 3.29. The Kier molecular flexibility index (Phi) is 14.9. The molecule has 308 valence electrons. The second kappa shape index (κ2) is 20.3. The van der Waals surface area contributed by atoms with Crippen LogP contribution in [0.3, 0.4) is 0 Å². The van der Waals surface area contributed by atoms with Crippen molar-refractivity contribution in [2.45, 2.75) is 137 Å². The Morgan fingerprint density at radius 3 is 0.915 bits per heavy atom. The third kappa shape index (κ3) is 10.2. The van der Waals surface area contributed by atoms with Gasteiger partial charge >= 0.3 is 0 Å². The Balaban J connectivity index is 1.31. The van der Waals surface area contributed by atoms with E-state index in [0.29, 0.717) is 0 Å². The highest BCUT2D eigenvalue weighted by atomic mass is 15.1. The molecule has 0 N–H and O–H groups in total. The van der Waals surface area contributed by atoms with Crippen molar-refractivity contribution in [2.75, 3.05) is 9.80 Å². The molecule has 6 aromatic carbocycles. The highest BCUT2D eigenvalue weighted by Gasteiger charge is 2.25. The van der Waals surface area contributed by atoms with Crippen molar-refractivity contribution in [1.29, 1.82) is 0 Å². The number of unbranched alkanes of at least 4 members (excludes halogenated alkanes) is 2. The highest BCUT2D eigenvalue weighted by Crippen LogP contribution is 2.41. The van der Waals surface area contributed by atoms with E-state index in [0.717, 1.165) is 43.5 Å². The van der Waals surface area contributed by atoms with Crippen LogP contribution >= 0.6 is 0 Å². The molecule has 0 aromatic heterocycles. The molecule has 0 amide bonds. The van der Waals surface area contributed by atoms with Crippen LogP contribution in [0.2, 0.25) is 0 Å². The van der Waals surface area contributed by atoms with Crippen LogP contribution in [0.4, 0.5) is 34.1 Å². The van der Waals surface area contributed by atoms with E-state index in [9.17, 15) is 0 Å². The maximum atomic E-state index is 2.42. The normalized spacial score (nSPS) is 12.6. The molecule has 0 bridgehead atoms. The van der Waals surface area contributed by atoms with Gasteiger partial charge in [-0.3, -0.25) is 0 Å². The molecule has 0 saturated heterocycles. The fraction of sp³-hybridized carbons (Fsp3) is 0.368. The number of hydrogen-bond donors (Lipinski definition) is 0. The molecule has 6 rings (SSSR count). The average molecular weight is 783 g/mol. The van der Waals surface area contributed by atoms with E-state index in [1.165, 1.54) is 94.7 Å². The summed E-state index contributed by atoms with van der Waals surface area (Å²) in [5, 5.41) is 0. The predicted octanol–water partition coefficient (Wildman–Crippen LogP) is 17.5. The van der Waals surface area contributed by atoms with Gasteiger partial charge in [0.15, 0.2) is 0 Å². The number of anilines is 6. The molecule has 2 heteroatoms. The topological polar surface area (TPSA) is 6.48 Å². The first-order valence-corrected chi connectivity index (χ1v) is 22.9. The van der Waals surface area contributed by atoms with Crippen LogP contribution < -0.4 is 9.80 Å². The quantitative estimate of drug-likeness (QED) is 0.0761. The van der Waals surface area contributed by atoms with Gasteiger partial charge in [-0.05, 0) is 168 Å². The van der Waals surface area contributed by atoms with Crippen LogP contribution in [-0.4, -0.2) is 0 Å². The first-order chi connectivity index (χ1) is 28.7. The molecule has 0 radical (unpaired) electrons. The molecule has 0 aliphatic rings. The Bertz CT molecular complexity index is 2140. The molecular weight excluding hydrogens is 713 g/mol. The smallest absolute Gasteiger partial charge is 0.0462 e. The van der Waals surface area contributed by atoms with E-state index in [4.69, 9.17) is 0 Å². The number of hydrogen-bond acceptors (Lipinski definition) is 2. The van der Waals surface area contributed by atoms with Gasteiger partial charge in [-0.2, -0.15) is 0 Å². The molecule has 59 heavy (non-hydrogen) atoms. The third-order valence-electron chi connectivity index (χ3n) is 13.4. The number of rotatable bonds is 20. The van der Waals surface area contributed by atoms with Gasteiger partial charge in [-0.1, -0.05) is 147 Å². The molecule has 0 aliphatic carbocycles. The van der Waals surface area contributed by atoms with E-state index < -0.39 is 0 Å². The van der Waals surface area contributed by atoms with Gasteiger partial charge in [0, 0.05) is 34.1 Å². The molecule has 1 unspecified atom stereocenters. The van der Waals surface area contributed by atoms with Crippen LogP contribution in [0.1, 0.15) is 135 Å². The van der Waals surface area contributed by atoms with E-state index in [1.54, 1.807) is 0 Å². The van der Waals surface area contributed by atoms with E-state index in [-0.39, 0.29) is 10.8 Å². The zero-order valence-corrected chi connectivity index (χ0v) is 37.5. The number of nitrogens with zero attached hydrogens (tertiary/aromatic N) is 2. The van der Waals surface area contributed by atoms with Gasteiger partial charge in [0.25, 0.3) is 0 Å². The van der Waals surface area contributed by atoms with Crippen LogP contribution in [-0.2, 0) is 23.7 Å². The summed E-state index contributed by atoms with van der Waals surface area (Å²) in [4.78, 5) is 4.81. The lowest BCUT2D eigenvalue weighted by Gasteiger charge is -2.30. The summed E-state index contributed by atoms with van der Waals surface area (Å²) in [6, 6.07) is 55.3. The predicted molar refractivity (Wildman–Crippen MR) is 259 cm³/mol.